The van der Waals surface area contributed by atoms with E-state index in [-0.39, 0.29) is 11.4 Å². The van der Waals surface area contributed by atoms with Crippen LogP contribution in [-0.2, 0) is 4.74 Å². The van der Waals surface area contributed by atoms with Gasteiger partial charge in [-0.2, -0.15) is 9.78 Å². The van der Waals surface area contributed by atoms with Gasteiger partial charge in [-0.1, -0.05) is 54.6 Å². The minimum atomic E-state index is -0.475. The maximum absolute atomic E-state index is 13.6. The fraction of sp³-hybridized carbons (Fsp3) is 0.143. The van der Waals surface area contributed by atoms with Crippen LogP contribution in [0.2, 0.25) is 0 Å². The van der Waals surface area contributed by atoms with E-state index in [0.717, 1.165) is 22.0 Å². The van der Waals surface area contributed by atoms with Crippen LogP contribution in [0.25, 0.3) is 38.5 Å². The first-order valence-corrected chi connectivity index (χ1v) is 11.7. The molecule has 8 heteroatoms. The number of anilines is 1. The molecule has 1 aliphatic heterocycles. The summed E-state index contributed by atoms with van der Waals surface area (Å²) in [4.78, 5) is 27.2. The predicted molar refractivity (Wildman–Crippen MR) is 140 cm³/mol. The van der Waals surface area contributed by atoms with Crippen molar-refractivity contribution < 1.29 is 9.66 Å². The molecule has 0 saturated carbocycles. The molecular weight excluding hydrogens is 456 g/mol. The molecule has 1 fully saturated rings. The second kappa shape index (κ2) is 8.90. The third kappa shape index (κ3) is 3.77. The Balaban J connectivity index is 1.61. The van der Waals surface area contributed by atoms with Crippen molar-refractivity contribution in [1.29, 1.82) is 0 Å². The van der Waals surface area contributed by atoms with E-state index >= 15 is 0 Å². The number of nitrogens with zero attached hydrogens (tertiary/aromatic N) is 4. The van der Waals surface area contributed by atoms with Gasteiger partial charge in [0.1, 0.15) is 5.69 Å². The van der Waals surface area contributed by atoms with E-state index in [9.17, 15) is 14.9 Å². The van der Waals surface area contributed by atoms with Gasteiger partial charge < -0.3 is 9.64 Å². The largest absolute Gasteiger partial charge is 0.378 e. The van der Waals surface area contributed by atoms with Crippen LogP contribution in [0, 0.1) is 10.1 Å². The summed E-state index contributed by atoms with van der Waals surface area (Å²) in [6.07, 6.45) is 0. The summed E-state index contributed by atoms with van der Waals surface area (Å²) < 4.78 is 6.62. The summed E-state index contributed by atoms with van der Waals surface area (Å²) in [5, 5.41) is 20.0. The normalized spacial score (nSPS) is 13.8. The standard InChI is InChI=1S/C28H22N4O4/c33-28-24-8-4-3-7-23(24)27(21-10-9-19-5-1-2-6-20(19)17-21)29-31(28)26-18-22(11-12-25(26)32(34)35)30-13-15-36-16-14-30/h1-12,17-18H,13-16H2. The lowest BCUT2D eigenvalue weighted by Crippen LogP contribution is -2.36. The van der Waals surface area contributed by atoms with E-state index in [1.807, 2.05) is 54.6 Å². The number of nitro groups is 1. The van der Waals surface area contributed by atoms with E-state index in [4.69, 9.17) is 9.84 Å². The Morgan fingerprint density at radius 2 is 1.56 bits per heavy atom. The first kappa shape index (κ1) is 21.9. The number of rotatable bonds is 4. The molecule has 0 spiro atoms. The van der Waals surface area contributed by atoms with Crippen LogP contribution >= 0.6 is 0 Å². The molecule has 6 rings (SSSR count). The van der Waals surface area contributed by atoms with E-state index in [1.165, 1.54) is 10.7 Å². The van der Waals surface area contributed by atoms with Gasteiger partial charge in [0.15, 0.2) is 0 Å². The van der Waals surface area contributed by atoms with Gasteiger partial charge in [0.05, 0.1) is 29.2 Å². The van der Waals surface area contributed by atoms with Crippen LogP contribution in [0.5, 0.6) is 0 Å². The summed E-state index contributed by atoms with van der Waals surface area (Å²) in [5.74, 6) is 0. The van der Waals surface area contributed by atoms with Gasteiger partial charge in [-0.3, -0.25) is 14.9 Å². The maximum Gasteiger partial charge on any atom is 0.295 e. The lowest BCUT2D eigenvalue weighted by molar-refractivity contribution is -0.384. The maximum atomic E-state index is 13.6. The van der Waals surface area contributed by atoms with Crippen LogP contribution < -0.4 is 10.5 Å². The summed E-state index contributed by atoms with van der Waals surface area (Å²) in [6, 6.07) is 26.1. The van der Waals surface area contributed by atoms with Crippen LogP contribution in [-0.4, -0.2) is 41.0 Å². The number of hydrogen-bond acceptors (Lipinski definition) is 6. The number of aromatic nitrogens is 2. The molecule has 0 unspecified atom stereocenters. The van der Waals surface area contributed by atoms with Gasteiger partial charge in [-0.05, 0) is 35.0 Å². The molecule has 2 heterocycles. The van der Waals surface area contributed by atoms with Crippen molar-refractivity contribution in [3.63, 3.8) is 0 Å². The summed E-state index contributed by atoms with van der Waals surface area (Å²) in [6.45, 7) is 2.48. The minimum Gasteiger partial charge on any atom is -0.378 e. The van der Waals surface area contributed by atoms with E-state index in [1.54, 1.807) is 24.3 Å². The SMILES string of the molecule is O=c1c2ccccc2c(-c2ccc3ccccc3c2)nn1-c1cc(N2CCOCC2)ccc1[N+](=O)[O-]. The van der Waals surface area contributed by atoms with Crippen LogP contribution in [0.15, 0.2) is 89.7 Å². The predicted octanol–water partition coefficient (Wildman–Crippen LogP) is 4.95. The topological polar surface area (TPSA) is 90.5 Å². The zero-order valence-electron chi connectivity index (χ0n) is 19.3. The molecule has 5 aromatic rings. The number of ether oxygens (including phenoxy) is 1. The molecule has 0 amide bonds. The van der Waals surface area contributed by atoms with Crippen molar-refractivity contribution in [1.82, 2.24) is 9.78 Å². The summed E-state index contributed by atoms with van der Waals surface area (Å²) in [5.41, 5.74) is 1.75. The second-order valence-electron chi connectivity index (χ2n) is 8.70. The average Bonchev–Trinajstić information content (AvgIpc) is 2.93. The van der Waals surface area contributed by atoms with Crippen LogP contribution in [0.3, 0.4) is 0 Å². The molecule has 0 N–H and O–H groups in total. The Hall–Kier alpha value is -4.56. The van der Waals surface area contributed by atoms with Crippen LogP contribution in [0.4, 0.5) is 11.4 Å². The minimum absolute atomic E-state index is 0.141. The highest BCUT2D eigenvalue weighted by atomic mass is 16.6. The van der Waals surface area contributed by atoms with E-state index in [0.29, 0.717) is 42.8 Å². The molecule has 1 saturated heterocycles. The van der Waals surface area contributed by atoms with E-state index < -0.39 is 10.5 Å². The lowest BCUT2D eigenvalue weighted by atomic mass is 10.0. The molecule has 4 aromatic carbocycles. The Morgan fingerprint density at radius 1 is 0.833 bits per heavy atom. The molecule has 1 aromatic heterocycles. The monoisotopic (exact) mass is 478 g/mol. The second-order valence-corrected chi connectivity index (χ2v) is 8.70. The molecule has 0 bridgehead atoms. The molecule has 0 aliphatic carbocycles. The quantitative estimate of drug-likeness (QED) is 0.268. The number of nitro benzene ring substituents is 1. The van der Waals surface area contributed by atoms with Gasteiger partial charge in [0.25, 0.3) is 11.2 Å². The fourth-order valence-corrected chi connectivity index (χ4v) is 4.76. The Labute approximate surface area is 206 Å². The fourth-order valence-electron chi connectivity index (χ4n) is 4.76. The van der Waals surface area contributed by atoms with Crippen molar-refractivity contribution >= 4 is 32.9 Å². The van der Waals surface area contributed by atoms with Gasteiger partial charge in [-0.15, -0.1) is 0 Å². The first-order valence-electron chi connectivity index (χ1n) is 11.7. The Bertz CT molecular complexity index is 1690. The van der Waals surface area contributed by atoms with Crippen molar-refractivity contribution in [2.75, 3.05) is 31.2 Å². The van der Waals surface area contributed by atoms with Gasteiger partial charge in [0, 0.05) is 35.8 Å². The molecule has 36 heavy (non-hydrogen) atoms. The first-order chi connectivity index (χ1) is 17.6. The average molecular weight is 479 g/mol. The Kier molecular flexibility index (Phi) is 5.42. The van der Waals surface area contributed by atoms with Crippen molar-refractivity contribution in [2.24, 2.45) is 0 Å². The highest BCUT2D eigenvalue weighted by Crippen LogP contribution is 2.31. The number of morpholine rings is 1. The summed E-state index contributed by atoms with van der Waals surface area (Å²) in [7, 11) is 0. The van der Waals surface area contributed by atoms with Gasteiger partial charge in [-0.25, -0.2) is 0 Å². The van der Waals surface area contributed by atoms with Gasteiger partial charge in [0.2, 0.25) is 0 Å². The Morgan fingerprint density at radius 3 is 2.33 bits per heavy atom. The highest BCUT2D eigenvalue weighted by Gasteiger charge is 2.23. The highest BCUT2D eigenvalue weighted by molar-refractivity contribution is 5.96. The molecular formula is C28H22N4O4. The van der Waals surface area contributed by atoms with Crippen LogP contribution in [0.1, 0.15) is 0 Å². The zero-order chi connectivity index (χ0) is 24.6. The third-order valence-electron chi connectivity index (χ3n) is 6.59. The third-order valence-corrected chi connectivity index (χ3v) is 6.59. The number of fused-ring (bicyclic) bond motifs is 2. The number of benzene rings is 4. The molecule has 0 radical (unpaired) electrons. The molecule has 1 aliphatic rings. The van der Waals surface area contributed by atoms with Gasteiger partial charge >= 0.3 is 0 Å². The molecule has 8 nitrogen and oxygen atoms in total. The molecule has 0 atom stereocenters. The van der Waals surface area contributed by atoms with Crippen molar-refractivity contribution in [2.45, 2.75) is 0 Å². The lowest BCUT2D eigenvalue weighted by Gasteiger charge is -2.29. The van der Waals surface area contributed by atoms with Crippen molar-refractivity contribution in [3.05, 3.63) is 105 Å². The van der Waals surface area contributed by atoms with E-state index in [2.05, 4.69) is 4.90 Å². The van der Waals surface area contributed by atoms with Crippen molar-refractivity contribution in [3.8, 4) is 16.9 Å². The smallest absolute Gasteiger partial charge is 0.295 e. The summed E-state index contributed by atoms with van der Waals surface area (Å²) >= 11 is 0. The number of hydrogen-bond donors (Lipinski definition) is 0. The molecule has 178 valence electrons. The zero-order valence-corrected chi connectivity index (χ0v) is 19.3.